The number of aliphatic imine (C=N–C) groups is 1. The Kier molecular flexibility index (Phi) is 4.06. The first kappa shape index (κ1) is 14.0. The van der Waals surface area contributed by atoms with Crippen molar-refractivity contribution in [2.45, 2.75) is 58.0 Å². The number of rotatable bonds is 3. The number of aromatic nitrogens is 1. The minimum Gasteiger partial charge on any atom is -0.444 e. The number of hydrogen-bond donors (Lipinski definition) is 1. The van der Waals surface area contributed by atoms with Crippen molar-refractivity contribution >= 4 is 16.9 Å². The number of nitrogens with one attached hydrogen (secondary N) is 1. The Morgan fingerprint density at radius 2 is 2.30 bits per heavy atom. The first-order valence-electron chi connectivity index (χ1n) is 7.58. The molecule has 0 aromatic carbocycles. The van der Waals surface area contributed by atoms with E-state index >= 15 is 0 Å². The van der Waals surface area contributed by atoms with E-state index in [-0.39, 0.29) is 0 Å². The van der Waals surface area contributed by atoms with Gasteiger partial charge in [-0.1, -0.05) is 25.6 Å². The van der Waals surface area contributed by atoms with Crippen LogP contribution in [-0.2, 0) is 13.0 Å². The molecular weight excluding hydrogens is 270 g/mol. The lowest BCUT2D eigenvalue weighted by atomic mass is 9.78. The number of hydrogen-bond acceptors (Lipinski definition) is 4. The molecule has 1 saturated heterocycles. The van der Waals surface area contributed by atoms with Gasteiger partial charge in [-0.05, 0) is 31.6 Å². The van der Waals surface area contributed by atoms with Crippen LogP contribution in [-0.4, -0.2) is 21.4 Å². The first-order chi connectivity index (χ1) is 9.69. The van der Waals surface area contributed by atoms with E-state index in [2.05, 4.69) is 29.1 Å². The van der Waals surface area contributed by atoms with E-state index in [1.807, 2.05) is 11.8 Å². The molecule has 2 heterocycles. The van der Waals surface area contributed by atoms with Crippen molar-refractivity contribution in [3.63, 3.8) is 0 Å². The Morgan fingerprint density at radius 3 is 3.00 bits per heavy atom. The van der Waals surface area contributed by atoms with Crippen LogP contribution in [0.15, 0.2) is 15.6 Å². The highest BCUT2D eigenvalue weighted by Gasteiger charge is 2.39. The van der Waals surface area contributed by atoms with E-state index in [4.69, 9.17) is 4.42 Å². The van der Waals surface area contributed by atoms with Crippen molar-refractivity contribution < 1.29 is 4.42 Å². The second kappa shape index (κ2) is 5.80. The molecule has 1 aliphatic heterocycles. The topological polar surface area (TPSA) is 50.4 Å². The third kappa shape index (κ3) is 3.03. The van der Waals surface area contributed by atoms with Crippen LogP contribution in [0.1, 0.15) is 51.2 Å². The van der Waals surface area contributed by atoms with Gasteiger partial charge >= 0.3 is 0 Å². The predicted molar refractivity (Wildman–Crippen MR) is 83.0 cm³/mol. The molecule has 2 fully saturated rings. The van der Waals surface area contributed by atoms with Gasteiger partial charge in [0, 0.05) is 17.7 Å². The van der Waals surface area contributed by atoms with Crippen LogP contribution < -0.4 is 5.32 Å². The molecule has 20 heavy (non-hydrogen) atoms. The fourth-order valence-corrected chi connectivity index (χ4v) is 4.12. The summed E-state index contributed by atoms with van der Waals surface area (Å²) in [6, 6.07) is 0. The van der Waals surface area contributed by atoms with Gasteiger partial charge in [-0.3, -0.25) is 4.99 Å². The molecule has 4 nitrogen and oxygen atoms in total. The normalized spacial score (nSPS) is 31.9. The highest BCUT2D eigenvalue weighted by Crippen LogP contribution is 2.38. The van der Waals surface area contributed by atoms with Crippen LogP contribution in [0.25, 0.3) is 0 Å². The molecule has 1 N–H and O–H groups in total. The second-order valence-corrected chi connectivity index (χ2v) is 7.04. The quantitative estimate of drug-likeness (QED) is 0.928. The van der Waals surface area contributed by atoms with Crippen LogP contribution >= 0.6 is 11.8 Å². The molecule has 110 valence electrons. The predicted octanol–water partition coefficient (Wildman–Crippen LogP) is 3.38. The molecular formula is C15H23N3OS. The first-order valence-corrected chi connectivity index (χ1v) is 8.57. The molecule has 0 unspecified atom stereocenters. The van der Waals surface area contributed by atoms with Gasteiger partial charge in [-0.15, -0.1) is 0 Å². The number of thioether (sulfide) groups is 1. The van der Waals surface area contributed by atoms with Crippen molar-refractivity contribution in [1.82, 2.24) is 10.3 Å². The Hall–Kier alpha value is -0.970. The molecule has 1 saturated carbocycles. The van der Waals surface area contributed by atoms with Gasteiger partial charge in [0.05, 0.1) is 6.20 Å². The van der Waals surface area contributed by atoms with Crippen LogP contribution in [0.3, 0.4) is 0 Å². The molecule has 0 bridgehead atoms. The van der Waals surface area contributed by atoms with E-state index in [1.165, 1.54) is 25.7 Å². The van der Waals surface area contributed by atoms with Gasteiger partial charge in [-0.2, -0.15) is 0 Å². The van der Waals surface area contributed by atoms with Gasteiger partial charge in [0.1, 0.15) is 12.3 Å². The highest BCUT2D eigenvalue weighted by atomic mass is 32.2. The fraction of sp³-hybridized carbons (Fsp3) is 0.733. The number of amidine groups is 1. The van der Waals surface area contributed by atoms with E-state index in [0.29, 0.717) is 12.1 Å². The Morgan fingerprint density at radius 1 is 1.50 bits per heavy atom. The van der Waals surface area contributed by atoms with Crippen molar-refractivity contribution in [2.75, 3.05) is 5.75 Å². The summed E-state index contributed by atoms with van der Waals surface area (Å²) >= 11 is 1.85. The minimum atomic E-state index is 0.307. The van der Waals surface area contributed by atoms with Gasteiger partial charge < -0.3 is 9.73 Å². The Labute approximate surface area is 124 Å². The van der Waals surface area contributed by atoms with Crippen molar-refractivity contribution in [2.24, 2.45) is 10.9 Å². The number of nitrogens with zero attached hydrogens (tertiary/aromatic N) is 2. The smallest absolute Gasteiger partial charge is 0.216 e. The Balaban J connectivity index is 1.58. The highest BCUT2D eigenvalue weighted by molar-refractivity contribution is 8.14. The molecule has 2 aliphatic rings. The van der Waals surface area contributed by atoms with Crippen molar-refractivity contribution in [3.05, 3.63) is 17.8 Å². The molecule has 5 heteroatoms. The average molecular weight is 293 g/mol. The van der Waals surface area contributed by atoms with Crippen LogP contribution in [0, 0.1) is 5.92 Å². The molecule has 1 spiro atoms. The third-order valence-electron chi connectivity index (χ3n) is 4.40. The SMILES string of the molecule is CCc1cnc(CN=C2NC3(CCC(C)CC3)CS2)o1. The summed E-state index contributed by atoms with van der Waals surface area (Å²) in [5, 5.41) is 4.73. The number of oxazole rings is 1. The molecule has 0 amide bonds. The molecule has 1 aromatic rings. The van der Waals surface area contributed by atoms with Crippen LogP contribution in [0.4, 0.5) is 0 Å². The lowest BCUT2D eigenvalue weighted by molar-refractivity contribution is 0.250. The zero-order valence-electron chi connectivity index (χ0n) is 12.3. The van der Waals surface area contributed by atoms with Gasteiger partial charge in [0.15, 0.2) is 5.17 Å². The second-order valence-electron chi connectivity index (χ2n) is 6.07. The zero-order chi connectivity index (χ0) is 14.0. The summed E-state index contributed by atoms with van der Waals surface area (Å²) in [6.45, 7) is 4.97. The maximum atomic E-state index is 5.59. The van der Waals surface area contributed by atoms with E-state index in [9.17, 15) is 0 Å². The van der Waals surface area contributed by atoms with Gasteiger partial charge in [0.2, 0.25) is 5.89 Å². The molecule has 0 atom stereocenters. The zero-order valence-corrected chi connectivity index (χ0v) is 13.1. The molecule has 1 aliphatic carbocycles. The van der Waals surface area contributed by atoms with Crippen LogP contribution in [0.5, 0.6) is 0 Å². The van der Waals surface area contributed by atoms with E-state index < -0.39 is 0 Å². The lowest BCUT2D eigenvalue weighted by Gasteiger charge is -2.35. The minimum absolute atomic E-state index is 0.307. The lowest BCUT2D eigenvalue weighted by Crippen LogP contribution is -2.46. The summed E-state index contributed by atoms with van der Waals surface area (Å²) in [4.78, 5) is 8.87. The maximum absolute atomic E-state index is 5.59. The van der Waals surface area contributed by atoms with E-state index in [0.717, 1.165) is 34.9 Å². The van der Waals surface area contributed by atoms with Crippen molar-refractivity contribution in [1.29, 1.82) is 0 Å². The summed E-state index contributed by atoms with van der Waals surface area (Å²) in [7, 11) is 0. The van der Waals surface area contributed by atoms with Crippen molar-refractivity contribution in [3.8, 4) is 0 Å². The molecule has 0 radical (unpaired) electrons. The Bertz CT molecular complexity index is 489. The maximum Gasteiger partial charge on any atom is 0.216 e. The average Bonchev–Trinajstić information content (AvgIpc) is 3.08. The summed E-state index contributed by atoms with van der Waals surface area (Å²) < 4.78 is 5.59. The molecule has 3 rings (SSSR count). The monoisotopic (exact) mass is 293 g/mol. The summed E-state index contributed by atoms with van der Waals surface area (Å²) in [5.41, 5.74) is 0.307. The number of aryl methyl sites for hydroxylation is 1. The molecule has 1 aromatic heterocycles. The fourth-order valence-electron chi connectivity index (χ4n) is 2.90. The van der Waals surface area contributed by atoms with Gasteiger partial charge in [0.25, 0.3) is 0 Å². The largest absolute Gasteiger partial charge is 0.444 e. The van der Waals surface area contributed by atoms with Crippen LogP contribution in [0.2, 0.25) is 0 Å². The third-order valence-corrected chi connectivity index (χ3v) is 5.60. The van der Waals surface area contributed by atoms with E-state index in [1.54, 1.807) is 6.20 Å². The standard InChI is InChI=1S/C15H23N3OS/c1-3-12-8-16-13(19-12)9-17-14-18-15(10-20-14)6-4-11(2)5-7-15/h8,11H,3-7,9-10H2,1-2H3,(H,17,18). The van der Waals surface area contributed by atoms with Gasteiger partial charge in [-0.25, -0.2) is 4.98 Å². The summed E-state index contributed by atoms with van der Waals surface area (Å²) in [6.07, 6.45) is 7.91. The summed E-state index contributed by atoms with van der Waals surface area (Å²) in [5.74, 6) is 3.69.